The van der Waals surface area contributed by atoms with E-state index in [1.165, 1.54) is 19.3 Å². The summed E-state index contributed by atoms with van der Waals surface area (Å²) >= 11 is 0. The minimum atomic E-state index is 0.684. The third-order valence-electron chi connectivity index (χ3n) is 3.75. The number of nitriles is 1. The zero-order valence-electron chi connectivity index (χ0n) is 9.58. The van der Waals surface area contributed by atoms with Gasteiger partial charge in [0.05, 0.1) is 6.07 Å². The molecule has 2 aliphatic rings. The summed E-state index contributed by atoms with van der Waals surface area (Å²) in [5.41, 5.74) is 0. The Morgan fingerprint density at radius 2 is 2.20 bits per heavy atom. The average molecular weight is 207 g/mol. The molecule has 0 spiro atoms. The maximum Gasteiger partial charge on any atom is 0.0635 e. The molecule has 2 rings (SSSR count). The molecular weight excluding hydrogens is 186 g/mol. The Kier molecular flexibility index (Phi) is 3.61. The van der Waals surface area contributed by atoms with E-state index >= 15 is 0 Å². The molecule has 1 saturated heterocycles. The Morgan fingerprint density at radius 3 is 2.80 bits per heavy atom. The van der Waals surface area contributed by atoms with Crippen LogP contribution in [0.2, 0.25) is 0 Å². The van der Waals surface area contributed by atoms with Crippen molar-refractivity contribution in [2.75, 3.05) is 19.6 Å². The van der Waals surface area contributed by atoms with Crippen LogP contribution in [0.25, 0.3) is 0 Å². The van der Waals surface area contributed by atoms with Crippen molar-refractivity contribution in [2.45, 2.75) is 44.7 Å². The second-order valence-electron chi connectivity index (χ2n) is 4.77. The van der Waals surface area contributed by atoms with Crippen molar-refractivity contribution in [1.29, 1.82) is 5.26 Å². The third kappa shape index (κ3) is 2.50. The van der Waals surface area contributed by atoms with Crippen LogP contribution in [0.5, 0.6) is 0 Å². The molecular formula is C12H21N3. The molecule has 15 heavy (non-hydrogen) atoms. The molecule has 0 aromatic rings. The van der Waals surface area contributed by atoms with E-state index in [1.807, 2.05) is 0 Å². The normalized spacial score (nSPS) is 30.7. The summed E-state index contributed by atoms with van der Waals surface area (Å²) in [6.45, 7) is 5.54. The van der Waals surface area contributed by atoms with Crippen molar-refractivity contribution in [2.24, 2.45) is 5.92 Å². The molecule has 2 atom stereocenters. The summed E-state index contributed by atoms with van der Waals surface area (Å²) in [5, 5.41) is 12.2. The predicted octanol–water partition coefficient (Wildman–Crippen LogP) is 1.36. The summed E-state index contributed by atoms with van der Waals surface area (Å²) in [4.78, 5) is 2.59. The largest absolute Gasteiger partial charge is 0.315 e. The monoisotopic (exact) mass is 207 g/mol. The van der Waals surface area contributed by atoms with Gasteiger partial charge < -0.3 is 5.32 Å². The third-order valence-corrected chi connectivity index (χ3v) is 3.75. The van der Waals surface area contributed by atoms with Gasteiger partial charge in [-0.25, -0.2) is 0 Å². The Labute approximate surface area is 92.4 Å². The van der Waals surface area contributed by atoms with Gasteiger partial charge in [0.15, 0.2) is 0 Å². The molecule has 1 aliphatic carbocycles. The van der Waals surface area contributed by atoms with E-state index in [2.05, 4.69) is 23.2 Å². The molecule has 0 amide bonds. The molecule has 0 aromatic heterocycles. The fourth-order valence-corrected chi connectivity index (χ4v) is 2.73. The zero-order valence-corrected chi connectivity index (χ0v) is 9.58. The fraction of sp³-hybridized carbons (Fsp3) is 0.917. The van der Waals surface area contributed by atoms with E-state index in [1.54, 1.807) is 0 Å². The lowest BCUT2D eigenvalue weighted by Crippen LogP contribution is -2.42. The summed E-state index contributed by atoms with van der Waals surface area (Å²) in [6, 6.07) is 3.75. The highest BCUT2D eigenvalue weighted by Gasteiger charge is 2.38. The van der Waals surface area contributed by atoms with E-state index in [4.69, 9.17) is 5.26 Å². The number of hydrogen-bond donors (Lipinski definition) is 1. The molecule has 0 bridgehead atoms. The molecule has 1 saturated carbocycles. The molecule has 1 N–H and O–H groups in total. The summed E-state index contributed by atoms with van der Waals surface area (Å²) in [7, 11) is 0. The number of hydrogen-bond acceptors (Lipinski definition) is 3. The molecule has 1 heterocycles. The zero-order chi connectivity index (χ0) is 10.7. The highest BCUT2D eigenvalue weighted by atomic mass is 15.2. The van der Waals surface area contributed by atoms with E-state index in [-0.39, 0.29) is 0 Å². The van der Waals surface area contributed by atoms with Crippen LogP contribution in [-0.2, 0) is 0 Å². The van der Waals surface area contributed by atoms with Crippen molar-refractivity contribution in [3.05, 3.63) is 0 Å². The van der Waals surface area contributed by atoms with Crippen molar-refractivity contribution >= 4 is 0 Å². The first-order chi connectivity index (χ1) is 7.36. The fourth-order valence-electron chi connectivity index (χ4n) is 2.73. The van der Waals surface area contributed by atoms with Crippen LogP contribution in [0.3, 0.4) is 0 Å². The lowest BCUT2D eigenvalue weighted by atomic mass is 9.99. The predicted molar refractivity (Wildman–Crippen MR) is 60.4 cm³/mol. The second kappa shape index (κ2) is 4.96. The molecule has 2 unspecified atom stereocenters. The van der Waals surface area contributed by atoms with Gasteiger partial charge in [-0.2, -0.15) is 5.26 Å². The quantitative estimate of drug-likeness (QED) is 0.740. The van der Waals surface area contributed by atoms with Gasteiger partial charge in [0, 0.05) is 31.6 Å². The molecule has 0 radical (unpaired) electrons. The lowest BCUT2D eigenvalue weighted by Gasteiger charge is -2.31. The minimum Gasteiger partial charge on any atom is -0.315 e. The topological polar surface area (TPSA) is 39.1 Å². The van der Waals surface area contributed by atoms with Gasteiger partial charge >= 0.3 is 0 Å². The second-order valence-corrected chi connectivity index (χ2v) is 4.77. The van der Waals surface area contributed by atoms with E-state index < -0.39 is 0 Å². The van der Waals surface area contributed by atoms with Crippen molar-refractivity contribution < 1.29 is 0 Å². The average Bonchev–Trinajstić information content (AvgIpc) is 2.97. The standard InChI is InChI=1S/C12H21N3/c1-2-10-8-14-9-12(10)15(7-3-6-13)11-4-5-11/h10-12,14H,2-5,7-9H2,1H3. The van der Waals surface area contributed by atoms with Crippen molar-refractivity contribution in [1.82, 2.24) is 10.2 Å². The van der Waals surface area contributed by atoms with Gasteiger partial charge in [-0.05, 0) is 25.3 Å². The number of nitrogens with one attached hydrogen (secondary N) is 1. The van der Waals surface area contributed by atoms with Crippen LogP contribution in [0.4, 0.5) is 0 Å². The van der Waals surface area contributed by atoms with Crippen LogP contribution in [-0.4, -0.2) is 36.6 Å². The molecule has 0 aromatic carbocycles. The van der Waals surface area contributed by atoms with Gasteiger partial charge in [-0.15, -0.1) is 0 Å². The summed E-state index contributed by atoms with van der Waals surface area (Å²) in [6.07, 6.45) is 4.63. The molecule has 1 aliphatic heterocycles. The summed E-state index contributed by atoms with van der Waals surface area (Å²) in [5.74, 6) is 0.796. The number of nitrogens with zero attached hydrogens (tertiary/aromatic N) is 2. The smallest absolute Gasteiger partial charge is 0.0635 e. The Balaban J connectivity index is 1.94. The maximum absolute atomic E-state index is 8.69. The first kappa shape index (κ1) is 10.9. The number of rotatable bonds is 5. The molecule has 84 valence electrons. The van der Waals surface area contributed by atoms with Gasteiger partial charge in [-0.3, -0.25) is 4.90 Å². The first-order valence-corrected chi connectivity index (χ1v) is 6.20. The Morgan fingerprint density at radius 1 is 1.40 bits per heavy atom. The van der Waals surface area contributed by atoms with Crippen LogP contribution in [0, 0.1) is 17.2 Å². The highest BCUT2D eigenvalue weighted by molar-refractivity contribution is 4.96. The van der Waals surface area contributed by atoms with Gasteiger partial charge in [0.25, 0.3) is 0 Å². The van der Waals surface area contributed by atoms with Gasteiger partial charge in [0.1, 0.15) is 0 Å². The SMILES string of the molecule is CCC1CNCC1N(CCC#N)C1CC1. The molecule has 3 heteroatoms. The van der Waals surface area contributed by atoms with E-state index in [0.717, 1.165) is 31.6 Å². The van der Waals surface area contributed by atoms with Crippen LogP contribution < -0.4 is 5.32 Å². The van der Waals surface area contributed by atoms with Gasteiger partial charge in [-0.1, -0.05) is 13.3 Å². The van der Waals surface area contributed by atoms with E-state index in [0.29, 0.717) is 12.5 Å². The Bertz CT molecular complexity index is 242. The molecule has 2 fully saturated rings. The lowest BCUT2D eigenvalue weighted by molar-refractivity contribution is 0.163. The van der Waals surface area contributed by atoms with Crippen LogP contribution in [0.15, 0.2) is 0 Å². The first-order valence-electron chi connectivity index (χ1n) is 6.20. The van der Waals surface area contributed by atoms with Crippen molar-refractivity contribution in [3.8, 4) is 6.07 Å². The van der Waals surface area contributed by atoms with E-state index in [9.17, 15) is 0 Å². The minimum absolute atomic E-state index is 0.684. The van der Waals surface area contributed by atoms with Crippen LogP contribution in [0.1, 0.15) is 32.6 Å². The van der Waals surface area contributed by atoms with Crippen LogP contribution >= 0.6 is 0 Å². The maximum atomic E-state index is 8.69. The molecule has 3 nitrogen and oxygen atoms in total. The highest BCUT2D eigenvalue weighted by Crippen LogP contribution is 2.32. The summed E-state index contributed by atoms with van der Waals surface area (Å²) < 4.78 is 0. The van der Waals surface area contributed by atoms with Crippen molar-refractivity contribution in [3.63, 3.8) is 0 Å². The van der Waals surface area contributed by atoms with Gasteiger partial charge in [0.2, 0.25) is 0 Å². The Hall–Kier alpha value is -0.590.